The summed E-state index contributed by atoms with van der Waals surface area (Å²) in [4.78, 5) is 89.9. The smallest absolute Gasteiger partial charge is 0.249 e. The number of nitrogens with one attached hydrogen (secondary N) is 7. The minimum atomic E-state index is -3.34. The summed E-state index contributed by atoms with van der Waals surface area (Å²) >= 11 is 1.66. The topological polar surface area (TPSA) is 248 Å². The second-order valence-electron chi connectivity index (χ2n) is 18.1. The Morgan fingerprint density at radius 2 is 1.61 bits per heavy atom. The third-order valence-corrected chi connectivity index (χ3v) is 16.3. The van der Waals surface area contributed by atoms with Crippen molar-refractivity contribution < 1.29 is 42.0 Å². The van der Waals surface area contributed by atoms with Gasteiger partial charge >= 0.3 is 0 Å². The molecular formula is C40H64N10O9S2. The average Bonchev–Trinajstić information content (AvgIpc) is 4.05. The normalized spacial score (nSPS) is 33.8. The van der Waals surface area contributed by atoms with Gasteiger partial charge in [-0.3, -0.25) is 54.5 Å². The molecule has 7 rings (SSSR count). The number of carbonyl (C=O) groups excluding carboxylic acids is 7. The molecule has 5 heterocycles. The van der Waals surface area contributed by atoms with E-state index < -0.39 is 39.7 Å². The number of sulfonamides is 1. The van der Waals surface area contributed by atoms with Crippen LogP contribution in [-0.2, 0) is 43.6 Å². The van der Waals surface area contributed by atoms with Gasteiger partial charge in [-0.05, 0) is 82.6 Å². The molecule has 61 heavy (non-hydrogen) atoms. The fourth-order valence-corrected chi connectivity index (χ4v) is 12.8. The number of piperidine rings is 1. The van der Waals surface area contributed by atoms with E-state index in [4.69, 9.17) is 0 Å². The molecular weight excluding hydrogens is 829 g/mol. The van der Waals surface area contributed by atoms with Crippen LogP contribution in [-0.4, -0.2) is 151 Å². The molecule has 0 aromatic heterocycles. The highest BCUT2D eigenvalue weighted by atomic mass is 32.2. The highest BCUT2D eigenvalue weighted by Gasteiger charge is 2.55. The Balaban J connectivity index is 0.735. The zero-order chi connectivity index (χ0) is 43.3. The number of unbranched alkanes of at least 4 members (excludes halogenated alkanes) is 2. The first kappa shape index (κ1) is 45.8. The van der Waals surface area contributed by atoms with Crippen LogP contribution in [0, 0.1) is 29.6 Å². The van der Waals surface area contributed by atoms with Crippen molar-refractivity contribution in [1.29, 1.82) is 0 Å². The molecule has 7 aliphatic rings. The summed E-state index contributed by atoms with van der Waals surface area (Å²) in [7, 11) is -3.34. The van der Waals surface area contributed by atoms with Gasteiger partial charge in [0, 0.05) is 56.5 Å². The van der Waals surface area contributed by atoms with Crippen LogP contribution in [0.5, 0.6) is 0 Å². The Bertz CT molecular complexity index is 1790. The van der Waals surface area contributed by atoms with Crippen LogP contribution < -0.4 is 37.3 Å². The molecule has 0 aromatic carbocycles. The molecule has 10 unspecified atom stereocenters. The summed E-state index contributed by atoms with van der Waals surface area (Å²) in [6.45, 7) is 2.67. The molecule has 7 fully saturated rings. The lowest BCUT2D eigenvalue weighted by atomic mass is 9.75. The van der Waals surface area contributed by atoms with Gasteiger partial charge < -0.3 is 21.3 Å². The Kier molecular flexibility index (Phi) is 15.4. The second kappa shape index (κ2) is 20.5. The number of likely N-dealkylation sites (tertiary alicyclic amines) is 1. The zero-order valence-electron chi connectivity index (χ0n) is 35.2. The van der Waals surface area contributed by atoms with Gasteiger partial charge in [0.05, 0.1) is 37.1 Å². The zero-order valence-corrected chi connectivity index (χ0v) is 36.8. The number of rotatable bonds is 17. The molecule has 2 saturated carbocycles. The van der Waals surface area contributed by atoms with Gasteiger partial charge in [-0.25, -0.2) is 17.7 Å². The van der Waals surface area contributed by atoms with E-state index in [2.05, 4.69) is 37.3 Å². The minimum absolute atomic E-state index is 0.0111. The van der Waals surface area contributed by atoms with Crippen molar-refractivity contribution >= 4 is 63.1 Å². The van der Waals surface area contributed by atoms with E-state index >= 15 is 0 Å². The quantitative estimate of drug-likeness (QED) is 0.0664. The van der Waals surface area contributed by atoms with Gasteiger partial charge in [-0.1, -0.05) is 19.3 Å². The van der Waals surface area contributed by atoms with Crippen molar-refractivity contribution in [2.45, 2.75) is 120 Å². The van der Waals surface area contributed by atoms with Crippen molar-refractivity contribution in [2.75, 3.05) is 57.8 Å². The van der Waals surface area contributed by atoms with E-state index in [0.717, 1.165) is 87.7 Å². The third-order valence-electron chi connectivity index (χ3n) is 13.9. The summed E-state index contributed by atoms with van der Waals surface area (Å²) in [6, 6.07) is -0.456. The maximum Gasteiger partial charge on any atom is 0.249 e. The lowest BCUT2D eigenvalue weighted by Crippen LogP contribution is -2.55. The predicted octanol–water partition coefficient (Wildman–Crippen LogP) is -1.29. The molecule has 7 amide bonds. The number of nitrogens with zero attached hydrogens (tertiary/aromatic N) is 3. The lowest BCUT2D eigenvalue weighted by molar-refractivity contribution is -0.151. The molecule has 19 nitrogen and oxygen atoms in total. The van der Waals surface area contributed by atoms with Crippen LogP contribution >= 0.6 is 11.8 Å². The van der Waals surface area contributed by atoms with Gasteiger partial charge in [0.25, 0.3) is 0 Å². The first-order chi connectivity index (χ1) is 29.2. The summed E-state index contributed by atoms with van der Waals surface area (Å²) in [6.07, 6.45) is 12.1. The van der Waals surface area contributed by atoms with E-state index in [9.17, 15) is 42.0 Å². The standard InChI is InChI=1S/C40H64N10O9S2/c1-61(58,59)49-18-13-26(21-49)36(54)43-20-33(52)46-40-44-30(23-60-40)25-8-5-7-24(19-25)28-14-17-48(47-28)22-34(53)42-16-4-2-3-15-41-29-10-6-9-27-35(29)39(57)50(38(27)56)31-11-12-32(51)45-37(31)55/h24-31,35,40-41,44,47H,2-23H2,1H3,(H,42,53)(H,43,54)(H,46,52)(H,45,51,55). The van der Waals surface area contributed by atoms with Gasteiger partial charge in [0.2, 0.25) is 51.4 Å². The summed E-state index contributed by atoms with van der Waals surface area (Å²) in [5.41, 5.74) is 3.38. The van der Waals surface area contributed by atoms with Crippen molar-refractivity contribution in [3.8, 4) is 0 Å². The third kappa shape index (κ3) is 11.5. The lowest BCUT2D eigenvalue weighted by Gasteiger charge is -2.36. The molecule has 5 saturated heterocycles. The Hall–Kier alpha value is -3.21. The largest absolute Gasteiger partial charge is 0.355 e. The van der Waals surface area contributed by atoms with E-state index in [1.807, 2.05) is 5.01 Å². The Labute approximate surface area is 362 Å². The van der Waals surface area contributed by atoms with Crippen LogP contribution in [0.25, 0.3) is 0 Å². The Morgan fingerprint density at radius 3 is 2.38 bits per heavy atom. The van der Waals surface area contributed by atoms with Crippen LogP contribution in [0.2, 0.25) is 0 Å². The second-order valence-corrected chi connectivity index (χ2v) is 21.2. The van der Waals surface area contributed by atoms with Crippen molar-refractivity contribution in [3.05, 3.63) is 0 Å². The van der Waals surface area contributed by atoms with E-state index in [-0.39, 0.29) is 79.0 Å². The summed E-state index contributed by atoms with van der Waals surface area (Å²) < 4.78 is 24.8. The fourth-order valence-electron chi connectivity index (χ4n) is 10.6. The Morgan fingerprint density at radius 1 is 0.836 bits per heavy atom. The molecule has 7 N–H and O–H groups in total. The summed E-state index contributed by atoms with van der Waals surface area (Å²) in [5.74, 6) is -1.65. The molecule has 0 aromatic rings. The average molecular weight is 893 g/mol. The van der Waals surface area contributed by atoms with Gasteiger partial charge in [0.15, 0.2) is 0 Å². The number of hydrogen-bond donors (Lipinski definition) is 7. The number of thioether (sulfide) groups is 1. The molecule has 0 bridgehead atoms. The van der Waals surface area contributed by atoms with Crippen LogP contribution in [0.1, 0.15) is 89.9 Å². The molecule has 5 aliphatic heterocycles. The van der Waals surface area contributed by atoms with Crippen molar-refractivity contribution in [3.63, 3.8) is 0 Å². The summed E-state index contributed by atoms with van der Waals surface area (Å²) in [5, 5.41) is 20.1. The molecule has 0 radical (unpaired) electrons. The fraction of sp³-hybridized carbons (Fsp3) is 0.825. The predicted molar refractivity (Wildman–Crippen MR) is 225 cm³/mol. The number of carbonyl (C=O) groups is 7. The van der Waals surface area contributed by atoms with Crippen LogP contribution in [0.15, 0.2) is 0 Å². The van der Waals surface area contributed by atoms with Crippen LogP contribution in [0.3, 0.4) is 0 Å². The number of hydrazine groups is 1. The maximum atomic E-state index is 13.4. The van der Waals surface area contributed by atoms with Crippen LogP contribution in [0.4, 0.5) is 0 Å². The molecule has 10 atom stereocenters. The van der Waals surface area contributed by atoms with E-state index in [0.29, 0.717) is 56.9 Å². The SMILES string of the molecule is CS(=O)(=O)N1CCC(C(=O)NCC(=O)NC2NC(C3CCCC(C4CCN(CC(=O)NCCCCCNC5CCCC6C(=O)N(C7CCC(=O)NC7=O)C(=O)C56)N4)C3)CS2)C1. The molecule has 340 valence electrons. The molecule has 0 spiro atoms. The minimum Gasteiger partial charge on any atom is -0.355 e. The number of imide groups is 2. The highest BCUT2D eigenvalue weighted by Crippen LogP contribution is 2.41. The first-order valence-corrected chi connectivity index (χ1v) is 25.3. The molecule has 2 aliphatic carbocycles. The first-order valence-electron chi connectivity index (χ1n) is 22.4. The monoisotopic (exact) mass is 892 g/mol. The van der Waals surface area contributed by atoms with Gasteiger partial charge in [-0.15, -0.1) is 11.8 Å². The van der Waals surface area contributed by atoms with E-state index in [1.54, 1.807) is 11.8 Å². The highest BCUT2D eigenvalue weighted by molar-refractivity contribution is 8.00. The maximum absolute atomic E-state index is 13.4. The van der Waals surface area contributed by atoms with Gasteiger partial charge in [-0.2, -0.15) is 0 Å². The molecule has 21 heteroatoms. The van der Waals surface area contributed by atoms with E-state index in [1.165, 1.54) is 4.31 Å². The number of hydrogen-bond acceptors (Lipinski definition) is 14. The number of fused-ring (bicyclic) bond motifs is 1. The van der Waals surface area contributed by atoms with Crippen molar-refractivity contribution in [2.24, 2.45) is 29.6 Å². The van der Waals surface area contributed by atoms with Crippen molar-refractivity contribution in [1.82, 2.24) is 51.5 Å². The van der Waals surface area contributed by atoms with Gasteiger partial charge in [0.1, 0.15) is 11.5 Å². The number of amides is 7.